The molecule has 2 rings (SSSR count). The number of alkyl halides is 1. The van der Waals surface area contributed by atoms with E-state index in [1.807, 2.05) is 0 Å². The number of hydrogen-bond acceptors (Lipinski definition) is 4. The molecule has 1 heterocycles. The molecule has 18 heavy (non-hydrogen) atoms. The van der Waals surface area contributed by atoms with Gasteiger partial charge in [-0.25, -0.2) is 4.39 Å². The number of carbonyl (C=O) groups is 1. The fourth-order valence-electron chi connectivity index (χ4n) is 1.90. The van der Waals surface area contributed by atoms with Crippen LogP contribution in [0.5, 0.6) is 11.5 Å². The highest BCUT2D eigenvalue weighted by Gasteiger charge is 2.20. The Balaban J connectivity index is 2.23. The fourth-order valence-corrected chi connectivity index (χ4v) is 1.90. The molecular weight excluding hydrogens is 241 g/mol. The van der Waals surface area contributed by atoms with Crippen molar-refractivity contribution in [1.29, 1.82) is 0 Å². The quantitative estimate of drug-likeness (QED) is 0.837. The summed E-state index contributed by atoms with van der Waals surface area (Å²) < 4.78 is 23.3. The van der Waals surface area contributed by atoms with Gasteiger partial charge >= 0.3 is 5.97 Å². The Labute approximate surface area is 103 Å². The maximum atomic E-state index is 12.9. The van der Waals surface area contributed by atoms with Gasteiger partial charge in [-0.2, -0.15) is 0 Å². The van der Waals surface area contributed by atoms with Crippen LogP contribution in [0.3, 0.4) is 0 Å². The van der Waals surface area contributed by atoms with Gasteiger partial charge in [-0.15, -0.1) is 0 Å². The number of benzene rings is 1. The average molecular weight is 255 g/mol. The molecule has 6 heteroatoms. The van der Waals surface area contributed by atoms with E-state index >= 15 is 0 Å². The van der Waals surface area contributed by atoms with Crippen LogP contribution in [0.1, 0.15) is 30.0 Å². The van der Waals surface area contributed by atoms with Crippen LogP contribution in [-0.4, -0.2) is 17.9 Å². The van der Waals surface area contributed by atoms with E-state index in [2.05, 4.69) is 0 Å². The Bertz CT molecular complexity index is 464. The van der Waals surface area contributed by atoms with E-state index in [0.717, 1.165) is 0 Å². The van der Waals surface area contributed by atoms with E-state index in [9.17, 15) is 9.18 Å². The largest absolute Gasteiger partial charge is 0.481 e. The van der Waals surface area contributed by atoms with Gasteiger partial charge in [0.2, 0.25) is 6.79 Å². The van der Waals surface area contributed by atoms with Gasteiger partial charge in [-0.1, -0.05) is 0 Å². The first-order chi connectivity index (χ1) is 8.61. The summed E-state index contributed by atoms with van der Waals surface area (Å²) in [5, 5.41) is 8.62. The highest BCUT2D eigenvalue weighted by Crippen LogP contribution is 2.37. The first-order valence-corrected chi connectivity index (χ1v) is 5.57. The zero-order valence-electron chi connectivity index (χ0n) is 9.69. The van der Waals surface area contributed by atoms with Crippen molar-refractivity contribution in [2.24, 2.45) is 5.73 Å². The van der Waals surface area contributed by atoms with Crippen LogP contribution in [-0.2, 0) is 11.5 Å². The van der Waals surface area contributed by atoms with Gasteiger partial charge in [-0.3, -0.25) is 4.79 Å². The number of rotatable bonds is 5. The average Bonchev–Trinajstić information content (AvgIpc) is 2.81. The summed E-state index contributed by atoms with van der Waals surface area (Å²) in [5.41, 5.74) is 6.87. The zero-order valence-corrected chi connectivity index (χ0v) is 9.69. The minimum Gasteiger partial charge on any atom is -0.481 e. The number of ether oxygens (including phenoxy) is 2. The van der Waals surface area contributed by atoms with Crippen LogP contribution in [0.4, 0.5) is 4.39 Å². The summed E-state index contributed by atoms with van der Waals surface area (Å²) in [6.45, 7) is -0.568. The second-order valence-corrected chi connectivity index (χ2v) is 4.08. The molecule has 1 aromatic rings. The van der Waals surface area contributed by atoms with Crippen molar-refractivity contribution in [3.8, 4) is 11.5 Å². The minimum atomic E-state index is -0.923. The summed E-state index contributed by atoms with van der Waals surface area (Å²) in [6.07, 6.45) is 0.198. The van der Waals surface area contributed by atoms with Gasteiger partial charge in [-0.05, 0) is 29.7 Å². The molecule has 0 spiro atoms. The van der Waals surface area contributed by atoms with Crippen LogP contribution >= 0.6 is 0 Å². The molecule has 1 aliphatic heterocycles. The van der Waals surface area contributed by atoms with Crippen molar-refractivity contribution in [2.45, 2.75) is 25.6 Å². The molecule has 0 fully saturated rings. The first kappa shape index (κ1) is 12.6. The molecule has 1 unspecified atom stereocenters. The second-order valence-electron chi connectivity index (χ2n) is 4.08. The molecule has 0 radical (unpaired) electrons. The highest BCUT2D eigenvalue weighted by atomic mass is 19.1. The Morgan fingerprint density at radius 2 is 2.11 bits per heavy atom. The van der Waals surface area contributed by atoms with Crippen molar-refractivity contribution in [3.63, 3.8) is 0 Å². The highest BCUT2D eigenvalue weighted by molar-refractivity contribution is 5.66. The molecule has 98 valence electrons. The third kappa shape index (κ3) is 2.53. The monoisotopic (exact) mass is 255 g/mol. The first-order valence-electron chi connectivity index (χ1n) is 5.57. The van der Waals surface area contributed by atoms with E-state index in [1.54, 1.807) is 12.1 Å². The Hall–Kier alpha value is -1.82. The Kier molecular flexibility index (Phi) is 3.66. The van der Waals surface area contributed by atoms with E-state index in [4.69, 9.17) is 20.3 Å². The molecule has 1 aromatic carbocycles. The fraction of sp³-hybridized carbons (Fsp3) is 0.417. The normalized spacial score (nSPS) is 14.6. The number of hydrogen-bond donors (Lipinski definition) is 2. The van der Waals surface area contributed by atoms with Crippen molar-refractivity contribution in [1.82, 2.24) is 0 Å². The lowest BCUT2D eigenvalue weighted by Gasteiger charge is -2.15. The molecule has 0 bridgehead atoms. The summed E-state index contributed by atoms with van der Waals surface area (Å²) in [5.74, 6) is 0.0952. The second kappa shape index (κ2) is 5.22. The number of carboxylic acids is 1. The molecule has 0 aromatic heterocycles. The van der Waals surface area contributed by atoms with Gasteiger partial charge in [0.15, 0.2) is 11.5 Å². The third-order valence-corrected chi connectivity index (χ3v) is 2.85. The standard InChI is InChI=1S/C12H14FNO4/c13-5-7-3-10-11(18-6-17-10)4-8(7)9(14)1-2-12(15)16/h3-4,9H,1-2,5-6,14H2,(H,15,16). The lowest BCUT2D eigenvalue weighted by Crippen LogP contribution is -2.14. The molecule has 1 atom stereocenters. The van der Waals surface area contributed by atoms with Crippen LogP contribution in [0, 0.1) is 0 Å². The van der Waals surface area contributed by atoms with Crippen LogP contribution in [0.2, 0.25) is 0 Å². The molecule has 0 amide bonds. The maximum absolute atomic E-state index is 12.9. The summed E-state index contributed by atoms with van der Waals surface area (Å²) in [6, 6.07) is 2.66. The summed E-state index contributed by atoms with van der Waals surface area (Å²) in [4.78, 5) is 10.5. The predicted octanol–water partition coefficient (Wildman–Crippen LogP) is 1.75. The zero-order chi connectivity index (χ0) is 13.1. The SMILES string of the molecule is NC(CCC(=O)O)c1cc2c(cc1CF)OCO2. The van der Waals surface area contributed by atoms with Crippen molar-refractivity contribution < 1.29 is 23.8 Å². The lowest BCUT2D eigenvalue weighted by atomic mass is 9.97. The van der Waals surface area contributed by atoms with E-state index in [1.165, 1.54) is 0 Å². The van der Waals surface area contributed by atoms with E-state index in [0.29, 0.717) is 22.6 Å². The molecular formula is C12H14FNO4. The molecule has 0 aliphatic carbocycles. The van der Waals surface area contributed by atoms with Crippen LogP contribution in [0.15, 0.2) is 12.1 Å². The van der Waals surface area contributed by atoms with E-state index in [-0.39, 0.29) is 19.6 Å². The molecule has 0 saturated heterocycles. The van der Waals surface area contributed by atoms with Gasteiger partial charge in [0, 0.05) is 12.5 Å². The van der Waals surface area contributed by atoms with Crippen molar-refractivity contribution in [2.75, 3.05) is 6.79 Å². The number of aliphatic carboxylic acids is 1. The number of carboxylic acid groups (broad SMARTS) is 1. The molecule has 0 saturated carbocycles. The number of fused-ring (bicyclic) bond motifs is 1. The molecule has 5 nitrogen and oxygen atoms in total. The number of halogens is 1. The van der Waals surface area contributed by atoms with Crippen LogP contribution < -0.4 is 15.2 Å². The van der Waals surface area contributed by atoms with Gasteiger partial charge in [0.25, 0.3) is 0 Å². The minimum absolute atomic E-state index is 0.0542. The maximum Gasteiger partial charge on any atom is 0.303 e. The smallest absolute Gasteiger partial charge is 0.303 e. The summed E-state index contributed by atoms with van der Waals surface area (Å²) >= 11 is 0. The van der Waals surface area contributed by atoms with Gasteiger partial charge in [0.1, 0.15) is 6.67 Å². The van der Waals surface area contributed by atoms with Gasteiger partial charge in [0.05, 0.1) is 0 Å². The molecule has 3 N–H and O–H groups in total. The third-order valence-electron chi connectivity index (χ3n) is 2.85. The Morgan fingerprint density at radius 1 is 1.44 bits per heavy atom. The predicted molar refractivity (Wildman–Crippen MR) is 61.2 cm³/mol. The molecule has 1 aliphatic rings. The van der Waals surface area contributed by atoms with Gasteiger partial charge < -0.3 is 20.3 Å². The number of nitrogens with two attached hydrogens (primary N) is 1. The van der Waals surface area contributed by atoms with Crippen LogP contribution in [0.25, 0.3) is 0 Å². The summed E-state index contributed by atoms with van der Waals surface area (Å²) in [7, 11) is 0. The lowest BCUT2D eigenvalue weighted by molar-refractivity contribution is -0.137. The topological polar surface area (TPSA) is 81.8 Å². The van der Waals surface area contributed by atoms with E-state index < -0.39 is 18.7 Å². The van der Waals surface area contributed by atoms with Crippen molar-refractivity contribution >= 4 is 5.97 Å². The van der Waals surface area contributed by atoms with Crippen molar-refractivity contribution in [3.05, 3.63) is 23.3 Å². The Morgan fingerprint density at radius 3 is 2.72 bits per heavy atom.